The van der Waals surface area contributed by atoms with E-state index in [2.05, 4.69) is 10.2 Å². The minimum Gasteiger partial charge on any atom is -0.494 e. The number of likely N-dealkylation sites (tertiary alicyclic amines) is 1. The highest BCUT2D eigenvalue weighted by atomic mass is 16.5. The fourth-order valence-corrected chi connectivity index (χ4v) is 3.19. The number of nitrogens with one attached hydrogen (secondary N) is 1. The Labute approximate surface area is 145 Å². The minimum atomic E-state index is -0.388. The predicted molar refractivity (Wildman–Crippen MR) is 95.2 cm³/mol. The van der Waals surface area contributed by atoms with E-state index in [4.69, 9.17) is 4.74 Å². The minimum absolute atomic E-state index is 0.0260. The Kier molecular flexibility index (Phi) is 7.53. The number of hydrogen-bond donors (Lipinski definition) is 2. The molecule has 0 aliphatic carbocycles. The molecule has 1 aliphatic heterocycles. The first-order valence-corrected chi connectivity index (χ1v) is 8.94. The van der Waals surface area contributed by atoms with Crippen molar-refractivity contribution in [2.75, 3.05) is 26.2 Å². The Bertz CT molecular complexity index is 519. The van der Waals surface area contributed by atoms with Crippen LogP contribution in [-0.4, -0.2) is 54.3 Å². The third-order valence-electron chi connectivity index (χ3n) is 4.47. The molecule has 2 atom stereocenters. The second kappa shape index (κ2) is 9.64. The number of carbonyl (C=O) groups is 1. The van der Waals surface area contributed by atoms with Crippen molar-refractivity contribution in [3.63, 3.8) is 0 Å². The van der Waals surface area contributed by atoms with Crippen molar-refractivity contribution in [2.24, 2.45) is 0 Å². The number of aliphatic hydroxyl groups is 1. The molecule has 1 fully saturated rings. The summed E-state index contributed by atoms with van der Waals surface area (Å²) >= 11 is 0. The SMILES string of the molecule is Cc1cccc(OCCCNC(=O)CN2CCCCC2C(C)O)c1. The summed E-state index contributed by atoms with van der Waals surface area (Å²) in [5.74, 6) is 0.896. The molecule has 1 saturated heterocycles. The molecule has 2 rings (SSSR count). The van der Waals surface area contributed by atoms with E-state index in [1.165, 1.54) is 5.56 Å². The number of rotatable bonds is 8. The maximum Gasteiger partial charge on any atom is 0.234 e. The summed E-state index contributed by atoms with van der Waals surface area (Å²) in [5.41, 5.74) is 1.18. The van der Waals surface area contributed by atoms with Crippen LogP contribution in [0.25, 0.3) is 0 Å². The van der Waals surface area contributed by atoms with Crippen LogP contribution >= 0.6 is 0 Å². The highest BCUT2D eigenvalue weighted by Crippen LogP contribution is 2.19. The standard InChI is InChI=1S/C19H30N2O3/c1-15-7-5-8-17(13-15)24-12-6-10-20-19(23)14-21-11-4-3-9-18(21)16(2)22/h5,7-8,13,16,18,22H,3-4,6,9-12,14H2,1-2H3,(H,20,23). The Morgan fingerprint density at radius 2 is 2.29 bits per heavy atom. The first-order chi connectivity index (χ1) is 11.6. The first kappa shape index (κ1) is 18.7. The number of aliphatic hydroxyl groups excluding tert-OH is 1. The normalized spacial score (nSPS) is 19.7. The Hall–Kier alpha value is -1.59. The van der Waals surface area contributed by atoms with E-state index in [0.29, 0.717) is 19.7 Å². The predicted octanol–water partition coefficient (Wildman–Crippen LogP) is 2.12. The molecular formula is C19H30N2O3. The van der Waals surface area contributed by atoms with Crippen molar-refractivity contribution in [1.29, 1.82) is 0 Å². The first-order valence-electron chi connectivity index (χ1n) is 8.94. The fraction of sp³-hybridized carbons (Fsp3) is 0.632. The van der Waals surface area contributed by atoms with Crippen molar-refractivity contribution in [3.8, 4) is 5.75 Å². The topological polar surface area (TPSA) is 61.8 Å². The summed E-state index contributed by atoms with van der Waals surface area (Å²) in [6, 6.07) is 8.07. The summed E-state index contributed by atoms with van der Waals surface area (Å²) in [4.78, 5) is 14.2. The summed E-state index contributed by atoms with van der Waals surface area (Å²) in [5, 5.41) is 12.8. The molecule has 2 unspecified atom stereocenters. The molecule has 5 heteroatoms. The number of nitrogens with zero attached hydrogens (tertiary/aromatic N) is 1. The van der Waals surface area contributed by atoms with Crippen LogP contribution in [0.3, 0.4) is 0 Å². The zero-order valence-corrected chi connectivity index (χ0v) is 14.8. The molecule has 134 valence electrons. The van der Waals surface area contributed by atoms with Crippen LogP contribution < -0.4 is 10.1 Å². The molecule has 1 aromatic rings. The van der Waals surface area contributed by atoms with Crippen LogP contribution in [0.4, 0.5) is 0 Å². The number of amides is 1. The summed E-state index contributed by atoms with van der Waals surface area (Å²) in [6.07, 6.45) is 3.58. The van der Waals surface area contributed by atoms with Gasteiger partial charge in [0.2, 0.25) is 5.91 Å². The van der Waals surface area contributed by atoms with E-state index < -0.39 is 0 Å². The van der Waals surface area contributed by atoms with Crippen LogP contribution in [0.15, 0.2) is 24.3 Å². The smallest absolute Gasteiger partial charge is 0.234 e. The molecule has 0 saturated carbocycles. The average molecular weight is 334 g/mol. The van der Waals surface area contributed by atoms with E-state index >= 15 is 0 Å². The third kappa shape index (κ3) is 6.13. The van der Waals surface area contributed by atoms with Gasteiger partial charge in [-0.1, -0.05) is 18.6 Å². The van der Waals surface area contributed by atoms with E-state index in [0.717, 1.165) is 38.0 Å². The Balaban J connectivity index is 1.62. The lowest BCUT2D eigenvalue weighted by molar-refractivity contribution is -0.123. The van der Waals surface area contributed by atoms with E-state index in [1.54, 1.807) is 0 Å². The van der Waals surface area contributed by atoms with Gasteiger partial charge in [0.25, 0.3) is 0 Å². The van der Waals surface area contributed by atoms with Gasteiger partial charge in [0.15, 0.2) is 0 Å². The molecule has 0 bridgehead atoms. The number of aryl methyl sites for hydroxylation is 1. The summed E-state index contributed by atoms with van der Waals surface area (Å²) in [7, 11) is 0. The molecule has 0 spiro atoms. The molecule has 2 N–H and O–H groups in total. The van der Waals surface area contributed by atoms with Gasteiger partial charge in [0.05, 0.1) is 19.3 Å². The number of piperidine rings is 1. The molecule has 1 heterocycles. The lowest BCUT2D eigenvalue weighted by Crippen LogP contribution is -2.49. The van der Waals surface area contributed by atoms with Crippen LogP contribution in [0.1, 0.15) is 38.2 Å². The average Bonchev–Trinajstić information content (AvgIpc) is 2.55. The molecule has 0 radical (unpaired) electrons. The van der Waals surface area contributed by atoms with Gasteiger partial charge in [-0.25, -0.2) is 0 Å². The lowest BCUT2D eigenvalue weighted by Gasteiger charge is -2.36. The number of benzene rings is 1. The third-order valence-corrected chi connectivity index (χ3v) is 4.47. The number of carbonyl (C=O) groups excluding carboxylic acids is 1. The second-order valence-corrected chi connectivity index (χ2v) is 6.64. The second-order valence-electron chi connectivity index (χ2n) is 6.64. The Morgan fingerprint density at radius 3 is 3.04 bits per heavy atom. The highest BCUT2D eigenvalue weighted by Gasteiger charge is 2.27. The van der Waals surface area contributed by atoms with Crippen molar-refractivity contribution in [1.82, 2.24) is 10.2 Å². The van der Waals surface area contributed by atoms with Crippen LogP contribution in [0, 0.1) is 6.92 Å². The quantitative estimate of drug-likeness (QED) is 0.715. The van der Waals surface area contributed by atoms with Gasteiger partial charge in [-0.2, -0.15) is 0 Å². The maximum absolute atomic E-state index is 12.1. The summed E-state index contributed by atoms with van der Waals surface area (Å²) in [6.45, 7) is 6.30. The van der Waals surface area contributed by atoms with Crippen molar-refractivity contribution < 1.29 is 14.6 Å². The lowest BCUT2D eigenvalue weighted by atomic mass is 9.98. The molecule has 1 amide bonds. The summed E-state index contributed by atoms with van der Waals surface area (Å²) < 4.78 is 5.67. The van der Waals surface area contributed by atoms with Gasteiger partial charge in [-0.3, -0.25) is 9.69 Å². The maximum atomic E-state index is 12.1. The molecule has 1 aromatic carbocycles. The Morgan fingerprint density at radius 1 is 1.46 bits per heavy atom. The molecule has 0 aromatic heterocycles. The van der Waals surface area contributed by atoms with Crippen molar-refractivity contribution >= 4 is 5.91 Å². The molecule has 1 aliphatic rings. The zero-order valence-electron chi connectivity index (χ0n) is 14.8. The van der Waals surface area contributed by atoms with E-state index in [-0.39, 0.29) is 18.1 Å². The zero-order chi connectivity index (χ0) is 17.4. The van der Waals surface area contributed by atoms with Crippen molar-refractivity contribution in [3.05, 3.63) is 29.8 Å². The van der Waals surface area contributed by atoms with Gasteiger partial charge in [0.1, 0.15) is 5.75 Å². The van der Waals surface area contributed by atoms with Gasteiger partial charge >= 0.3 is 0 Å². The van der Waals surface area contributed by atoms with Gasteiger partial charge < -0.3 is 15.2 Å². The van der Waals surface area contributed by atoms with Crippen LogP contribution in [0.2, 0.25) is 0 Å². The van der Waals surface area contributed by atoms with E-state index in [9.17, 15) is 9.90 Å². The highest BCUT2D eigenvalue weighted by molar-refractivity contribution is 5.78. The number of hydrogen-bond acceptors (Lipinski definition) is 4. The fourth-order valence-electron chi connectivity index (χ4n) is 3.19. The van der Waals surface area contributed by atoms with Crippen molar-refractivity contribution in [2.45, 2.75) is 51.7 Å². The van der Waals surface area contributed by atoms with Gasteiger partial charge in [-0.05, 0) is 57.4 Å². The van der Waals surface area contributed by atoms with Gasteiger partial charge in [-0.15, -0.1) is 0 Å². The van der Waals surface area contributed by atoms with Gasteiger partial charge in [0, 0.05) is 12.6 Å². The molecular weight excluding hydrogens is 304 g/mol. The largest absolute Gasteiger partial charge is 0.494 e. The molecule has 24 heavy (non-hydrogen) atoms. The van der Waals surface area contributed by atoms with Crippen LogP contribution in [0.5, 0.6) is 5.75 Å². The molecule has 5 nitrogen and oxygen atoms in total. The monoisotopic (exact) mass is 334 g/mol. The number of ether oxygens (including phenoxy) is 1. The van der Waals surface area contributed by atoms with E-state index in [1.807, 2.05) is 38.1 Å². The van der Waals surface area contributed by atoms with Crippen LogP contribution in [-0.2, 0) is 4.79 Å².